The number of likely N-dealkylation sites (tertiary alicyclic amines) is 1. The standard InChI is InChI=1S/C25H28F9N7/c1-3-20(40-6-4-5-7-40)21-16(10-19(12-35-21)25(32,33)34)14-41(22-36-38-39(2)37-22)13-15-8-17(23(26,27)28)11-18(9-15)24(29,30)31/h8-12,20,38H,3-7,13-14H2,1-2H3,(H,36,37). The molecule has 0 radical (unpaired) electrons. The van der Waals surface area contributed by atoms with E-state index in [1.807, 2.05) is 6.92 Å². The molecule has 1 saturated heterocycles. The first-order valence-corrected chi connectivity index (χ1v) is 12.7. The van der Waals surface area contributed by atoms with E-state index >= 15 is 0 Å². The smallest absolute Gasteiger partial charge is 0.332 e. The monoisotopic (exact) mass is 597 g/mol. The highest BCUT2D eigenvalue weighted by Gasteiger charge is 2.38. The average molecular weight is 598 g/mol. The molecule has 41 heavy (non-hydrogen) atoms. The maximum absolute atomic E-state index is 13.7. The lowest BCUT2D eigenvalue weighted by Gasteiger charge is -2.30. The number of aromatic nitrogens is 1. The second kappa shape index (κ2) is 11.5. The molecule has 1 aromatic heterocycles. The van der Waals surface area contributed by atoms with Crippen molar-refractivity contribution in [2.45, 2.75) is 63.8 Å². The van der Waals surface area contributed by atoms with E-state index in [2.05, 4.69) is 25.9 Å². The number of hydrazine groups is 2. The number of hydrazone groups is 1. The van der Waals surface area contributed by atoms with Crippen molar-refractivity contribution in [3.63, 3.8) is 0 Å². The highest BCUT2D eigenvalue weighted by molar-refractivity contribution is 5.80. The van der Waals surface area contributed by atoms with Crippen molar-refractivity contribution in [2.75, 3.05) is 20.1 Å². The van der Waals surface area contributed by atoms with E-state index < -0.39 is 41.8 Å². The molecule has 0 bridgehead atoms. The van der Waals surface area contributed by atoms with Crippen molar-refractivity contribution in [1.82, 2.24) is 30.9 Å². The fraction of sp³-hybridized carbons (Fsp3) is 0.520. The van der Waals surface area contributed by atoms with Gasteiger partial charge in [-0.25, -0.2) is 5.12 Å². The van der Waals surface area contributed by atoms with E-state index in [0.29, 0.717) is 24.2 Å². The molecular weight excluding hydrogens is 569 g/mol. The molecule has 0 spiro atoms. The van der Waals surface area contributed by atoms with Crippen LogP contribution >= 0.6 is 0 Å². The minimum absolute atomic E-state index is 0.0175. The molecule has 2 N–H and O–H groups in total. The summed E-state index contributed by atoms with van der Waals surface area (Å²) in [5.74, 6) is -0.0175. The van der Waals surface area contributed by atoms with Gasteiger partial charge in [-0.05, 0) is 67.7 Å². The first kappa shape index (κ1) is 30.7. The number of hydrogen-bond donors (Lipinski definition) is 2. The molecule has 0 aliphatic carbocycles. The Bertz CT molecular complexity index is 1220. The van der Waals surface area contributed by atoms with E-state index in [1.54, 1.807) is 0 Å². The van der Waals surface area contributed by atoms with Gasteiger partial charge in [0.25, 0.3) is 0 Å². The van der Waals surface area contributed by atoms with Crippen LogP contribution in [0, 0.1) is 0 Å². The van der Waals surface area contributed by atoms with Crippen LogP contribution in [0.5, 0.6) is 0 Å². The van der Waals surface area contributed by atoms with Crippen LogP contribution in [0.25, 0.3) is 0 Å². The van der Waals surface area contributed by atoms with Gasteiger partial charge in [0.1, 0.15) is 0 Å². The van der Waals surface area contributed by atoms with Crippen LogP contribution in [-0.2, 0) is 31.6 Å². The van der Waals surface area contributed by atoms with Crippen LogP contribution in [0.1, 0.15) is 65.7 Å². The number of guanidine groups is 1. The number of nitrogens with zero attached hydrogens (tertiary/aromatic N) is 5. The van der Waals surface area contributed by atoms with Crippen LogP contribution in [0.2, 0.25) is 0 Å². The summed E-state index contributed by atoms with van der Waals surface area (Å²) in [6.45, 7) is 2.43. The zero-order valence-corrected chi connectivity index (χ0v) is 22.1. The molecule has 0 saturated carbocycles. The van der Waals surface area contributed by atoms with Crippen molar-refractivity contribution in [3.8, 4) is 0 Å². The summed E-state index contributed by atoms with van der Waals surface area (Å²) in [5.41, 5.74) is 1.34. The molecule has 4 rings (SSSR count). The van der Waals surface area contributed by atoms with Gasteiger partial charge in [-0.2, -0.15) is 39.5 Å². The molecule has 3 heterocycles. The van der Waals surface area contributed by atoms with Crippen molar-refractivity contribution in [3.05, 3.63) is 64.0 Å². The maximum Gasteiger partial charge on any atom is 0.417 e. The van der Waals surface area contributed by atoms with Gasteiger partial charge in [-0.1, -0.05) is 6.92 Å². The van der Waals surface area contributed by atoms with Gasteiger partial charge in [0.15, 0.2) is 0 Å². The molecular formula is C25H28F9N7. The Morgan fingerprint density at radius 1 is 0.854 bits per heavy atom. The van der Waals surface area contributed by atoms with Gasteiger partial charge < -0.3 is 4.90 Å². The topological polar surface area (TPSA) is 59.0 Å². The van der Waals surface area contributed by atoms with Crippen LogP contribution in [-0.4, -0.2) is 46.0 Å². The molecule has 1 unspecified atom stereocenters. The zero-order chi connectivity index (χ0) is 30.2. The summed E-state index contributed by atoms with van der Waals surface area (Å²) in [6.07, 6.45) is -11.8. The van der Waals surface area contributed by atoms with E-state index in [9.17, 15) is 39.5 Å². The third-order valence-corrected chi connectivity index (χ3v) is 6.87. The lowest BCUT2D eigenvalue weighted by molar-refractivity contribution is -0.143. The van der Waals surface area contributed by atoms with Crippen LogP contribution in [0.15, 0.2) is 35.6 Å². The summed E-state index contributed by atoms with van der Waals surface area (Å²) in [5, 5.41) is 5.32. The van der Waals surface area contributed by atoms with E-state index in [4.69, 9.17) is 0 Å². The SMILES string of the molecule is CCC(c1ncc(C(F)(F)F)cc1CN(Cc1cc(C(F)(F)F)cc(C(F)(F)F)c1)C1=NN(C)NN1)N1CCCC1. The second-order valence-electron chi connectivity index (χ2n) is 9.89. The minimum atomic E-state index is -5.06. The summed E-state index contributed by atoms with van der Waals surface area (Å²) in [6, 6.07) is 1.78. The highest BCUT2D eigenvalue weighted by Crippen LogP contribution is 2.38. The van der Waals surface area contributed by atoms with Gasteiger partial charge in [0.05, 0.1) is 28.4 Å². The lowest BCUT2D eigenvalue weighted by Crippen LogP contribution is -2.44. The Morgan fingerprint density at radius 2 is 1.44 bits per heavy atom. The Hall–Kier alpha value is -3.27. The maximum atomic E-state index is 13.7. The molecule has 1 fully saturated rings. The number of nitrogens with one attached hydrogen (secondary N) is 2. The minimum Gasteiger partial charge on any atom is -0.332 e. The number of halogens is 9. The van der Waals surface area contributed by atoms with Crippen molar-refractivity contribution in [1.29, 1.82) is 0 Å². The fourth-order valence-corrected chi connectivity index (χ4v) is 4.99. The van der Waals surface area contributed by atoms with Crippen molar-refractivity contribution < 1.29 is 39.5 Å². The number of hydrogen-bond acceptors (Lipinski definition) is 7. The largest absolute Gasteiger partial charge is 0.417 e. The van der Waals surface area contributed by atoms with E-state index in [-0.39, 0.29) is 35.7 Å². The summed E-state index contributed by atoms with van der Waals surface area (Å²) < 4.78 is 122. The molecule has 7 nitrogen and oxygen atoms in total. The van der Waals surface area contributed by atoms with Crippen LogP contribution in [0.4, 0.5) is 39.5 Å². The third-order valence-electron chi connectivity index (χ3n) is 6.87. The number of benzene rings is 1. The van der Waals surface area contributed by atoms with Crippen molar-refractivity contribution in [2.24, 2.45) is 5.10 Å². The van der Waals surface area contributed by atoms with Gasteiger partial charge in [0, 0.05) is 26.3 Å². The molecule has 0 amide bonds. The Balaban J connectivity index is 1.79. The van der Waals surface area contributed by atoms with E-state index in [0.717, 1.165) is 38.2 Å². The predicted octanol–water partition coefficient (Wildman–Crippen LogP) is 5.91. The predicted molar refractivity (Wildman–Crippen MR) is 130 cm³/mol. The molecule has 2 aliphatic heterocycles. The summed E-state index contributed by atoms with van der Waals surface area (Å²) in [7, 11) is 1.47. The third kappa shape index (κ3) is 7.33. The zero-order valence-electron chi connectivity index (χ0n) is 22.1. The molecule has 2 aromatic rings. The molecule has 2 aliphatic rings. The molecule has 226 valence electrons. The lowest BCUT2D eigenvalue weighted by atomic mass is 10.0. The molecule has 16 heteroatoms. The Morgan fingerprint density at radius 3 is 1.93 bits per heavy atom. The number of alkyl halides is 9. The number of rotatable bonds is 7. The first-order valence-electron chi connectivity index (χ1n) is 12.7. The number of pyridine rings is 1. The Kier molecular flexibility index (Phi) is 8.64. The highest BCUT2D eigenvalue weighted by atomic mass is 19.4. The van der Waals surface area contributed by atoms with Gasteiger partial charge in [0.2, 0.25) is 5.96 Å². The second-order valence-corrected chi connectivity index (χ2v) is 9.89. The quantitative estimate of drug-likeness (QED) is 0.387. The molecule has 1 atom stereocenters. The van der Waals surface area contributed by atoms with Gasteiger partial charge in [-0.3, -0.25) is 15.3 Å². The normalized spacial score (nSPS) is 17.5. The van der Waals surface area contributed by atoms with Crippen LogP contribution in [0.3, 0.4) is 0 Å². The van der Waals surface area contributed by atoms with Gasteiger partial charge in [-0.15, -0.1) is 10.6 Å². The van der Waals surface area contributed by atoms with E-state index in [1.165, 1.54) is 17.1 Å². The van der Waals surface area contributed by atoms with Crippen LogP contribution < -0.4 is 11.0 Å². The molecule has 1 aromatic carbocycles. The van der Waals surface area contributed by atoms with Crippen molar-refractivity contribution >= 4 is 5.96 Å². The summed E-state index contributed by atoms with van der Waals surface area (Å²) >= 11 is 0. The first-order chi connectivity index (χ1) is 19.1. The summed E-state index contributed by atoms with van der Waals surface area (Å²) in [4.78, 5) is 7.55. The Labute approximate surface area is 229 Å². The van der Waals surface area contributed by atoms with Gasteiger partial charge >= 0.3 is 18.5 Å². The fourth-order valence-electron chi connectivity index (χ4n) is 4.99. The average Bonchev–Trinajstić information content (AvgIpc) is 3.55.